The molecule has 0 spiro atoms. The van der Waals surface area contributed by atoms with Gasteiger partial charge in [-0.15, -0.1) is 11.3 Å². The van der Waals surface area contributed by atoms with E-state index >= 15 is 0 Å². The van der Waals surface area contributed by atoms with Gasteiger partial charge >= 0.3 is 0 Å². The number of benzene rings is 2. The van der Waals surface area contributed by atoms with Gasteiger partial charge in [0.05, 0.1) is 24.1 Å². The van der Waals surface area contributed by atoms with Crippen LogP contribution in [0.2, 0.25) is 0 Å². The Morgan fingerprint density at radius 1 is 0.971 bits per heavy atom. The van der Waals surface area contributed by atoms with Crippen LogP contribution >= 0.6 is 11.3 Å². The molecule has 1 unspecified atom stereocenters. The van der Waals surface area contributed by atoms with Crippen molar-refractivity contribution in [3.63, 3.8) is 0 Å². The van der Waals surface area contributed by atoms with Gasteiger partial charge in [-0.1, -0.05) is 36.4 Å². The third kappa shape index (κ3) is 4.70. The van der Waals surface area contributed by atoms with Crippen molar-refractivity contribution in [3.8, 4) is 0 Å². The van der Waals surface area contributed by atoms with Gasteiger partial charge in [-0.25, -0.2) is 4.98 Å². The number of aromatic nitrogens is 2. The average Bonchev–Trinajstić information content (AvgIpc) is 3.58. The molecule has 1 aliphatic heterocycles. The third-order valence-electron chi connectivity index (χ3n) is 6.29. The molecule has 8 nitrogen and oxygen atoms in total. The van der Waals surface area contributed by atoms with E-state index in [4.69, 9.17) is 0 Å². The quantitative estimate of drug-likeness (QED) is 0.369. The fourth-order valence-electron chi connectivity index (χ4n) is 4.39. The topological polar surface area (TPSA) is 108 Å². The molecule has 3 heterocycles. The normalized spacial score (nSPS) is 14.7. The molecule has 0 bridgehead atoms. The van der Waals surface area contributed by atoms with Crippen molar-refractivity contribution in [2.24, 2.45) is 0 Å². The molecule has 9 heteroatoms. The molecule has 35 heavy (non-hydrogen) atoms. The van der Waals surface area contributed by atoms with Crippen molar-refractivity contribution in [2.45, 2.75) is 45.3 Å². The fraction of sp³-hybridized carbons (Fsp3) is 0.269. The van der Waals surface area contributed by atoms with E-state index in [9.17, 15) is 19.8 Å². The van der Waals surface area contributed by atoms with E-state index in [2.05, 4.69) is 14.9 Å². The number of amides is 2. The lowest BCUT2D eigenvalue weighted by atomic mass is 10.1. The summed E-state index contributed by atoms with van der Waals surface area (Å²) < 4.78 is 2.14. The molecule has 4 aromatic rings. The Labute approximate surface area is 206 Å². The van der Waals surface area contributed by atoms with Gasteiger partial charge in [0.1, 0.15) is 5.82 Å². The average molecular weight is 491 g/mol. The lowest BCUT2D eigenvalue weighted by Gasteiger charge is -2.22. The van der Waals surface area contributed by atoms with E-state index in [1.54, 1.807) is 11.3 Å². The number of imidazole rings is 1. The van der Waals surface area contributed by atoms with Crippen LogP contribution in [0, 0.1) is 6.92 Å². The minimum Gasteiger partial charge on any atom is -0.380 e. The predicted octanol–water partition coefficient (Wildman–Crippen LogP) is 2.33. The third-order valence-corrected chi connectivity index (χ3v) is 7.36. The number of fused-ring (bicyclic) bond motifs is 2. The molecule has 180 valence electrons. The van der Waals surface area contributed by atoms with Crippen molar-refractivity contribution in [1.82, 2.24) is 19.8 Å². The SMILES string of the molecule is Cc1nc2ccccc2n1Cc1ccc(CNC(=O)[C@H](O)C(O)C(=O)N2Cc3ccccc3C2)s1. The van der Waals surface area contributed by atoms with E-state index in [0.717, 1.165) is 37.7 Å². The van der Waals surface area contributed by atoms with Crippen LogP contribution < -0.4 is 5.32 Å². The summed E-state index contributed by atoms with van der Waals surface area (Å²) >= 11 is 1.55. The molecule has 2 atom stereocenters. The number of rotatable bonds is 7. The number of nitrogens with one attached hydrogen (secondary N) is 1. The van der Waals surface area contributed by atoms with Crippen molar-refractivity contribution in [3.05, 3.63) is 87.4 Å². The molecule has 0 saturated heterocycles. The van der Waals surface area contributed by atoms with Gasteiger partial charge < -0.3 is 25.0 Å². The van der Waals surface area contributed by atoms with Gasteiger partial charge in [-0.3, -0.25) is 9.59 Å². The van der Waals surface area contributed by atoms with Gasteiger partial charge in [-0.05, 0) is 42.3 Å². The summed E-state index contributed by atoms with van der Waals surface area (Å²) in [6.45, 7) is 3.54. The highest BCUT2D eigenvalue weighted by Crippen LogP contribution is 2.24. The smallest absolute Gasteiger partial charge is 0.255 e. The number of thiophene rings is 1. The maximum absolute atomic E-state index is 12.6. The van der Waals surface area contributed by atoms with Crippen LogP contribution in [0.25, 0.3) is 11.0 Å². The lowest BCUT2D eigenvalue weighted by Crippen LogP contribution is -2.49. The van der Waals surface area contributed by atoms with Crippen LogP contribution in [-0.4, -0.2) is 48.7 Å². The Hall–Kier alpha value is -3.53. The molecular formula is C26H26N4O4S. The van der Waals surface area contributed by atoms with Crippen LogP contribution in [0.1, 0.15) is 26.7 Å². The second kappa shape index (κ2) is 9.61. The minimum absolute atomic E-state index is 0.195. The molecule has 0 radical (unpaired) electrons. The number of carbonyl (C=O) groups is 2. The molecule has 2 amide bonds. The molecule has 1 aliphatic rings. The molecule has 2 aromatic carbocycles. The highest BCUT2D eigenvalue weighted by atomic mass is 32.1. The van der Waals surface area contributed by atoms with Crippen LogP contribution in [0.15, 0.2) is 60.7 Å². The molecule has 2 aromatic heterocycles. The van der Waals surface area contributed by atoms with E-state index in [1.807, 2.05) is 67.6 Å². The summed E-state index contributed by atoms with van der Waals surface area (Å²) in [6, 6.07) is 19.5. The number of hydrogen-bond donors (Lipinski definition) is 3. The number of para-hydroxylation sites is 2. The van der Waals surface area contributed by atoms with E-state index in [-0.39, 0.29) is 6.54 Å². The van der Waals surface area contributed by atoms with Gasteiger partial charge in [0, 0.05) is 22.8 Å². The lowest BCUT2D eigenvalue weighted by molar-refractivity contribution is -0.153. The summed E-state index contributed by atoms with van der Waals surface area (Å²) in [6.07, 6.45) is -3.66. The number of aryl methyl sites for hydroxylation is 1. The fourth-order valence-corrected chi connectivity index (χ4v) is 5.33. The van der Waals surface area contributed by atoms with Crippen LogP contribution in [0.4, 0.5) is 0 Å². The summed E-state index contributed by atoms with van der Waals surface area (Å²) in [4.78, 5) is 33.1. The first-order valence-electron chi connectivity index (χ1n) is 11.4. The van der Waals surface area contributed by atoms with Gasteiger partial charge in [0.2, 0.25) is 0 Å². The Kier molecular flexibility index (Phi) is 6.38. The Balaban J connectivity index is 1.16. The van der Waals surface area contributed by atoms with Gasteiger partial charge in [0.25, 0.3) is 11.8 Å². The zero-order valence-electron chi connectivity index (χ0n) is 19.2. The maximum atomic E-state index is 12.6. The Morgan fingerprint density at radius 3 is 2.37 bits per heavy atom. The predicted molar refractivity (Wildman–Crippen MR) is 132 cm³/mol. The second-order valence-electron chi connectivity index (χ2n) is 8.67. The number of nitrogens with zero attached hydrogens (tertiary/aromatic N) is 3. The number of hydrogen-bond acceptors (Lipinski definition) is 6. The standard InChI is InChI=1S/C26H26N4O4S/c1-16-28-21-8-4-5-9-22(21)30(16)15-20-11-10-19(35-20)12-27-25(33)23(31)24(32)26(34)29-13-17-6-2-3-7-18(17)14-29/h2-11,23-24,31-32H,12-15H2,1H3,(H,27,33)/t23-,24?/m1/s1. The monoisotopic (exact) mass is 490 g/mol. The number of aliphatic hydroxyl groups excluding tert-OH is 2. The maximum Gasteiger partial charge on any atom is 0.255 e. The van der Waals surface area contributed by atoms with Gasteiger partial charge in [-0.2, -0.15) is 0 Å². The zero-order valence-corrected chi connectivity index (χ0v) is 20.0. The summed E-state index contributed by atoms with van der Waals surface area (Å²) in [5.41, 5.74) is 4.02. The van der Waals surface area contributed by atoms with Crippen LogP contribution in [0.5, 0.6) is 0 Å². The Morgan fingerprint density at radius 2 is 1.63 bits per heavy atom. The van der Waals surface area contributed by atoms with E-state index in [0.29, 0.717) is 19.6 Å². The highest BCUT2D eigenvalue weighted by Gasteiger charge is 2.35. The second-order valence-corrected chi connectivity index (χ2v) is 9.93. The first kappa shape index (κ1) is 23.2. The minimum atomic E-state index is -1.84. The molecular weight excluding hydrogens is 464 g/mol. The summed E-state index contributed by atoms with van der Waals surface area (Å²) in [7, 11) is 0. The van der Waals surface area contributed by atoms with Gasteiger partial charge in [0.15, 0.2) is 12.2 Å². The highest BCUT2D eigenvalue weighted by molar-refractivity contribution is 7.12. The van der Waals surface area contributed by atoms with Crippen molar-refractivity contribution < 1.29 is 19.8 Å². The van der Waals surface area contributed by atoms with Crippen molar-refractivity contribution in [1.29, 1.82) is 0 Å². The molecule has 0 aliphatic carbocycles. The van der Waals surface area contributed by atoms with E-state index < -0.39 is 24.0 Å². The largest absolute Gasteiger partial charge is 0.380 e. The van der Waals surface area contributed by atoms with Crippen molar-refractivity contribution >= 4 is 34.2 Å². The zero-order chi connectivity index (χ0) is 24.5. The molecule has 0 saturated carbocycles. The van der Waals surface area contributed by atoms with E-state index in [1.165, 1.54) is 4.90 Å². The summed E-state index contributed by atoms with van der Waals surface area (Å²) in [5.74, 6) is -0.517. The molecule has 3 N–H and O–H groups in total. The number of carbonyl (C=O) groups excluding carboxylic acids is 2. The summed E-state index contributed by atoms with van der Waals surface area (Å²) in [5, 5.41) is 23.3. The van der Waals surface area contributed by atoms with Crippen molar-refractivity contribution in [2.75, 3.05) is 0 Å². The molecule has 0 fully saturated rings. The van der Waals surface area contributed by atoms with Crippen LogP contribution in [0.3, 0.4) is 0 Å². The Bertz CT molecular complexity index is 1370. The number of aliphatic hydroxyl groups is 2. The molecule has 5 rings (SSSR count). The first-order valence-corrected chi connectivity index (χ1v) is 12.2. The first-order chi connectivity index (χ1) is 16.9. The van der Waals surface area contributed by atoms with Crippen LogP contribution in [-0.2, 0) is 35.8 Å².